The summed E-state index contributed by atoms with van der Waals surface area (Å²) in [6.45, 7) is 0.897. The molecule has 2 atom stereocenters. The first-order valence-corrected chi connectivity index (χ1v) is 5.28. The van der Waals surface area contributed by atoms with E-state index in [2.05, 4.69) is 0 Å². The molecule has 0 aliphatic heterocycles. The van der Waals surface area contributed by atoms with Crippen LogP contribution in [-0.4, -0.2) is 38.7 Å². The van der Waals surface area contributed by atoms with Gasteiger partial charge in [-0.25, -0.2) is 4.79 Å². The van der Waals surface area contributed by atoms with Crippen LogP contribution in [0.1, 0.15) is 12.5 Å². The molecule has 0 fully saturated rings. The summed E-state index contributed by atoms with van der Waals surface area (Å²) >= 11 is 0. The lowest BCUT2D eigenvalue weighted by Crippen LogP contribution is -2.52. The number of aromatic hydroxyl groups is 1. The van der Waals surface area contributed by atoms with Gasteiger partial charge in [0.25, 0.3) is 0 Å². The highest BCUT2D eigenvalue weighted by Crippen LogP contribution is 2.14. The van der Waals surface area contributed by atoms with Gasteiger partial charge in [-0.1, -0.05) is 12.1 Å². The fourth-order valence-electron chi connectivity index (χ4n) is 1.45. The fourth-order valence-corrected chi connectivity index (χ4v) is 1.45. The molecule has 6 heteroatoms. The van der Waals surface area contributed by atoms with Gasteiger partial charge in [-0.15, -0.1) is 0 Å². The van der Waals surface area contributed by atoms with E-state index in [1.54, 1.807) is 12.1 Å². The van der Waals surface area contributed by atoms with Crippen molar-refractivity contribution in [3.8, 4) is 5.75 Å². The number of nitrogens with two attached hydrogens (primary N) is 1. The summed E-state index contributed by atoms with van der Waals surface area (Å²) < 4.78 is 0. The van der Waals surface area contributed by atoms with Crippen LogP contribution in [0.3, 0.4) is 0 Å². The predicted molar refractivity (Wildman–Crippen MR) is 63.1 cm³/mol. The van der Waals surface area contributed by atoms with Crippen molar-refractivity contribution >= 4 is 11.8 Å². The third kappa shape index (κ3) is 3.06. The van der Waals surface area contributed by atoms with Crippen LogP contribution in [0, 0.1) is 0 Å². The second kappa shape index (κ2) is 5.16. The van der Waals surface area contributed by atoms with Crippen LogP contribution in [0.5, 0.6) is 5.75 Å². The summed E-state index contributed by atoms with van der Waals surface area (Å²) in [4.78, 5) is 22.4. The minimum atomic E-state index is -2.49. The Balaban J connectivity index is 2.77. The van der Waals surface area contributed by atoms with Crippen LogP contribution in [0.25, 0.3) is 0 Å². The van der Waals surface area contributed by atoms with Crippen LogP contribution in [0.15, 0.2) is 24.3 Å². The van der Waals surface area contributed by atoms with Gasteiger partial charge in [0.05, 0.1) is 6.04 Å². The van der Waals surface area contributed by atoms with Crippen LogP contribution in [-0.2, 0) is 16.0 Å². The number of hydrogen-bond acceptors (Lipinski definition) is 5. The quantitative estimate of drug-likeness (QED) is 0.533. The Morgan fingerprint density at radius 1 is 1.33 bits per heavy atom. The zero-order valence-corrected chi connectivity index (χ0v) is 9.83. The zero-order valence-electron chi connectivity index (χ0n) is 9.83. The SMILES string of the molecule is CC(O)(C(=O)O)C(=O)[C@@H](N)Cc1ccc(O)cc1. The van der Waals surface area contributed by atoms with E-state index >= 15 is 0 Å². The topological polar surface area (TPSA) is 121 Å². The number of carbonyl (C=O) groups excluding carboxylic acids is 1. The number of rotatable bonds is 5. The number of phenolic OH excluding ortho intramolecular Hbond substituents is 1. The van der Waals surface area contributed by atoms with E-state index in [1.807, 2.05) is 0 Å². The molecule has 5 N–H and O–H groups in total. The first kappa shape index (κ1) is 14.1. The van der Waals surface area contributed by atoms with E-state index in [4.69, 9.17) is 15.9 Å². The highest BCUT2D eigenvalue weighted by molar-refractivity contribution is 6.08. The number of ketones is 1. The average molecular weight is 253 g/mol. The van der Waals surface area contributed by atoms with Crippen molar-refractivity contribution in [2.24, 2.45) is 5.73 Å². The molecule has 0 saturated carbocycles. The summed E-state index contributed by atoms with van der Waals surface area (Å²) in [6, 6.07) is 4.88. The number of aliphatic hydroxyl groups is 1. The van der Waals surface area contributed by atoms with Crippen molar-refractivity contribution in [1.82, 2.24) is 0 Å². The van der Waals surface area contributed by atoms with Crippen molar-refractivity contribution in [3.63, 3.8) is 0 Å². The summed E-state index contributed by atoms with van der Waals surface area (Å²) in [6.07, 6.45) is 0.0859. The molecule has 18 heavy (non-hydrogen) atoms. The van der Waals surface area contributed by atoms with Gasteiger partial charge in [0.15, 0.2) is 5.78 Å². The van der Waals surface area contributed by atoms with E-state index < -0.39 is 23.4 Å². The summed E-state index contributed by atoms with van der Waals surface area (Å²) in [5.74, 6) is -2.51. The Labute approximate surface area is 104 Å². The maximum Gasteiger partial charge on any atom is 0.343 e. The maximum atomic E-state index is 11.7. The molecule has 0 spiro atoms. The Bertz CT molecular complexity index is 452. The second-order valence-electron chi connectivity index (χ2n) is 4.22. The number of hydrogen-bond donors (Lipinski definition) is 4. The van der Waals surface area contributed by atoms with E-state index in [0.717, 1.165) is 6.92 Å². The largest absolute Gasteiger partial charge is 0.508 e. The highest BCUT2D eigenvalue weighted by atomic mass is 16.4. The van der Waals surface area contributed by atoms with E-state index in [9.17, 15) is 14.7 Å². The third-order valence-corrected chi connectivity index (χ3v) is 2.62. The van der Waals surface area contributed by atoms with Crippen molar-refractivity contribution in [3.05, 3.63) is 29.8 Å². The Morgan fingerprint density at radius 3 is 2.28 bits per heavy atom. The minimum Gasteiger partial charge on any atom is -0.508 e. The molecular weight excluding hydrogens is 238 g/mol. The number of Topliss-reactive ketones (excluding diaryl/α,β-unsaturated/α-hetero) is 1. The molecule has 1 aromatic carbocycles. The van der Waals surface area contributed by atoms with E-state index in [1.165, 1.54) is 12.1 Å². The van der Waals surface area contributed by atoms with Crippen LogP contribution in [0.4, 0.5) is 0 Å². The van der Waals surface area contributed by atoms with Gasteiger partial charge in [0.1, 0.15) is 5.75 Å². The normalized spacial score (nSPS) is 15.7. The lowest BCUT2D eigenvalue weighted by Gasteiger charge is -2.20. The van der Waals surface area contributed by atoms with Crippen molar-refractivity contribution in [1.29, 1.82) is 0 Å². The Kier molecular flexibility index (Phi) is 4.05. The standard InChI is InChI=1S/C12H15NO5/c1-12(18,11(16)17)10(15)9(13)6-7-2-4-8(14)5-3-7/h2-5,9,14,18H,6,13H2,1H3,(H,16,17)/t9-,12?/m0/s1. The molecule has 98 valence electrons. The first-order chi connectivity index (χ1) is 8.25. The van der Waals surface area contributed by atoms with Gasteiger partial charge in [0.2, 0.25) is 5.60 Å². The molecule has 0 aromatic heterocycles. The number of benzene rings is 1. The smallest absolute Gasteiger partial charge is 0.343 e. The molecule has 0 amide bonds. The number of carboxylic acid groups (broad SMARTS) is 1. The highest BCUT2D eigenvalue weighted by Gasteiger charge is 2.41. The molecule has 1 aromatic rings. The molecule has 1 rings (SSSR count). The van der Waals surface area contributed by atoms with Gasteiger partial charge >= 0.3 is 5.97 Å². The summed E-state index contributed by atoms with van der Waals surface area (Å²) in [7, 11) is 0. The third-order valence-electron chi connectivity index (χ3n) is 2.62. The lowest BCUT2D eigenvalue weighted by molar-refractivity contribution is -0.163. The summed E-state index contributed by atoms with van der Waals surface area (Å²) in [5, 5.41) is 27.3. The van der Waals surface area contributed by atoms with E-state index in [-0.39, 0.29) is 12.2 Å². The van der Waals surface area contributed by atoms with Crippen LogP contribution < -0.4 is 5.73 Å². The molecule has 6 nitrogen and oxygen atoms in total. The van der Waals surface area contributed by atoms with Crippen molar-refractivity contribution in [2.45, 2.75) is 25.0 Å². The minimum absolute atomic E-state index is 0.0798. The molecule has 0 aliphatic carbocycles. The van der Waals surface area contributed by atoms with Crippen LogP contribution in [0.2, 0.25) is 0 Å². The molecule has 0 saturated heterocycles. The molecule has 0 bridgehead atoms. The van der Waals surface area contributed by atoms with Crippen LogP contribution >= 0.6 is 0 Å². The van der Waals surface area contributed by atoms with E-state index in [0.29, 0.717) is 5.56 Å². The number of carbonyl (C=O) groups is 2. The molecule has 0 heterocycles. The monoisotopic (exact) mass is 253 g/mol. The van der Waals surface area contributed by atoms with Gasteiger partial charge in [-0.05, 0) is 31.0 Å². The lowest BCUT2D eigenvalue weighted by atomic mass is 9.92. The number of carboxylic acids is 1. The predicted octanol–water partition coefficient (Wildman–Crippen LogP) is -0.333. The maximum absolute atomic E-state index is 11.7. The number of aliphatic carboxylic acids is 1. The van der Waals surface area contributed by atoms with Crippen molar-refractivity contribution in [2.75, 3.05) is 0 Å². The van der Waals surface area contributed by atoms with Gasteiger partial charge in [-0.3, -0.25) is 4.79 Å². The molecule has 0 radical (unpaired) electrons. The average Bonchev–Trinajstić information content (AvgIpc) is 2.30. The Morgan fingerprint density at radius 2 is 1.83 bits per heavy atom. The zero-order chi connectivity index (χ0) is 13.9. The number of phenols is 1. The van der Waals surface area contributed by atoms with Gasteiger partial charge < -0.3 is 21.1 Å². The molecule has 1 unspecified atom stereocenters. The Hall–Kier alpha value is -1.92. The first-order valence-electron chi connectivity index (χ1n) is 5.28. The van der Waals surface area contributed by atoms with Crippen molar-refractivity contribution < 1.29 is 24.9 Å². The van der Waals surface area contributed by atoms with Gasteiger partial charge in [0, 0.05) is 0 Å². The summed E-state index contributed by atoms with van der Waals surface area (Å²) in [5.41, 5.74) is 3.75. The molecule has 0 aliphatic rings. The fraction of sp³-hybridized carbons (Fsp3) is 0.333. The molecular formula is C12H15NO5. The second-order valence-corrected chi connectivity index (χ2v) is 4.22. The van der Waals surface area contributed by atoms with Gasteiger partial charge in [-0.2, -0.15) is 0 Å².